The molecule has 0 aliphatic rings. The Morgan fingerprint density at radius 1 is 0.447 bits per heavy atom. The lowest BCUT2D eigenvalue weighted by atomic mass is 9.93. The van der Waals surface area contributed by atoms with Crippen molar-refractivity contribution in [1.29, 1.82) is 0 Å². The van der Waals surface area contributed by atoms with Gasteiger partial charge >= 0.3 is 0 Å². The van der Waals surface area contributed by atoms with Gasteiger partial charge in [-0.25, -0.2) is 0 Å². The zero-order valence-corrected chi connectivity index (χ0v) is 21.7. The highest BCUT2D eigenvalue weighted by atomic mass is 14.8. The van der Waals surface area contributed by atoms with Crippen LogP contribution in [0.2, 0.25) is 0 Å². The Labute approximate surface area is 222 Å². The fraction of sp³-hybridized carbons (Fsp3) is 0.111. The van der Waals surface area contributed by atoms with Crippen LogP contribution in [-0.4, -0.2) is 9.97 Å². The first-order chi connectivity index (χ1) is 18.7. The van der Waals surface area contributed by atoms with Gasteiger partial charge in [-0.15, -0.1) is 0 Å². The van der Waals surface area contributed by atoms with Gasteiger partial charge < -0.3 is 0 Å². The third kappa shape index (κ3) is 3.72. The topological polar surface area (TPSA) is 25.8 Å². The average molecular weight is 489 g/mol. The van der Waals surface area contributed by atoms with E-state index >= 15 is 0 Å². The van der Waals surface area contributed by atoms with E-state index in [0.717, 1.165) is 46.0 Å². The fourth-order valence-electron chi connectivity index (χ4n) is 5.64. The molecular weight excluding hydrogens is 460 g/mol. The van der Waals surface area contributed by atoms with Crippen molar-refractivity contribution in [2.75, 3.05) is 0 Å². The molecule has 0 saturated heterocycles. The molecule has 7 aromatic rings. The van der Waals surface area contributed by atoms with Gasteiger partial charge in [0.05, 0.1) is 11.0 Å². The maximum Gasteiger partial charge on any atom is 0.0974 e. The highest BCUT2D eigenvalue weighted by Crippen LogP contribution is 2.36. The quantitative estimate of drug-likeness (QED) is 0.231. The molecule has 2 nitrogen and oxygen atoms in total. The normalized spacial score (nSPS) is 11.6. The molecule has 0 spiro atoms. The van der Waals surface area contributed by atoms with Crippen LogP contribution in [0.1, 0.15) is 25.2 Å². The summed E-state index contributed by atoms with van der Waals surface area (Å²) in [4.78, 5) is 10.0. The van der Waals surface area contributed by atoms with Crippen molar-refractivity contribution in [3.05, 3.63) is 121 Å². The number of fused-ring (bicyclic) bond motifs is 6. The number of pyridine rings is 2. The molecule has 2 heterocycles. The fourth-order valence-corrected chi connectivity index (χ4v) is 5.64. The van der Waals surface area contributed by atoms with Crippen LogP contribution in [0.4, 0.5) is 0 Å². The predicted octanol–water partition coefficient (Wildman–Crippen LogP) is 9.55. The van der Waals surface area contributed by atoms with Crippen molar-refractivity contribution >= 4 is 43.4 Å². The Morgan fingerprint density at radius 2 is 1.13 bits per heavy atom. The summed E-state index contributed by atoms with van der Waals surface area (Å²) in [7, 11) is 0. The molecular formula is C36H28N2. The van der Waals surface area contributed by atoms with Gasteiger partial charge in [-0.2, -0.15) is 0 Å². The Balaban J connectivity index is 1.40. The summed E-state index contributed by atoms with van der Waals surface area (Å²) in [6.45, 7) is 4.32. The number of nitrogens with zero attached hydrogens (tertiary/aromatic N) is 2. The van der Waals surface area contributed by atoms with Crippen molar-refractivity contribution < 1.29 is 0 Å². The second-order valence-electron chi connectivity index (χ2n) is 10.0. The molecule has 0 aliphatic carbocycles. The standard InChI is InChI=1S/C36H28N2/c1-3-29-17-14-24-15-19-33-34(22-30(4-2)38-36(33)35(24)37-29)27-10-7-9-25(20-27)26-16-18-32-28(21-26)13-12-23-8-5-6-11-31(23)32/h5-22H,3-4H2,1-2H3. The van der Waals surface area contributed by atoms with Crippen molar-refractivity contribution in [3.8, 4) is 22.3 Å². The highest BCUT2D eigenvalue weighted by molar-refractivity contribution is 6.09. The Kier molecular flexibility index (Phi) is 5.40. The monoisotopic (exact) mass is 488 g/mol. The van der Waals surface area contributed by atoms with Gasteiger partial charge in [0.1, 0.15) is 0 Å². The molecule has 182 valence electrons. The lowest BCUT2D eigenvalue weighted by molar-refractivity contribution is 1.05. The van der Waals surface area contributed by atoms with Gasteiger partial charge in [-0.05, 0) is 80.9 Å². The first-order valence-corrected chi connectivity index (χ1v) is 13.5. The molecule has 0 radical (unpaired) electrons. The van der Waals surface area contributed by atoms with Gasteiger partial charge in [-0.1, -0.05) is 98.8 Å². The minimum absolute atomic E-state index is 0.880. The molecule has 0 atom stereocenters. The van der Waals surface area contributed by atoms with Crippen molar-refractivity contribution in [2.45, 2.75) is 26.7 Å². The zero-order chi connectivity index (χ0) is 25.6. The van der Waals surface area contributed by atoms with Crippen molar-refractivity contribution in [1.82, 2.24) is 9.97 Å². The number of aryl methyl sites for hydroxylation is 2. The zero-order valence-electron chi connectivity index (χ0n) is 21.7. The number of rotatable bonds is 4. The second-order valence-corrected chi connectivity index (χ2v) is 10.0. The van der Waals surface area contributed by atoms with Gasteiger partial charge in [0.2, 0.25) is 0 Å². The summed E-state index contributed by atoms with van der Waals surface area (Å²) in [5.41, 5.74) is 9.04. The van der Waals surface area contributed by atoms with Gasteiger partial charge in [-0.3, -0.25) is 9.97 Å². The molecule has 0 aliphatic heterocycles. The Bertz CT molecular complexity index is 2000. The number of aromatic nitrogens is 2. The summed E-state index contributed by atoms with van der Waals surface area (Å²) in [5.74, 6) is 0. The van der Waals surface area contributed by atoms with E-state index in [9.17, 15) is 0 Å². The third-order valence-electron chi connectivity index (χ3n) is 7.73. The minimum atomic E-state index is 0.880. The molecule has 0 unspecified atom stereocenters. The molecule has 7 rings (SSSR count). The van der Waals surface area contributed by atoms with E-state index in [-0.39, 0.29) is 0 Å². The maximum atomic E-state index is 5.06. The van der Waals surface area contributed by atoms with E-state index < -0.39 is 0 Å². The van der Waals surface area contributed by atoms with E-state index in [4.69, 9.17) is 9.97 Å². The van der Waals surface area contributed by atoms with Crippen LogP contribution in [0, 0.1) is 0 Å². The van der Waals surface area contributed by atoms with E-state index in [0.29, 0.717) is 0 Å². The van der Waals surface area contributed by atoms with Gasteiger partial charge in [0, 0.05) is 22.2 Å². The van der Waals surface area contributed by atoms with Crippen LogP contribution in [0.5, 0.6) is 0 Å². The maximum absolute atomic E-state index is 5.06. The lowest BCUT2D eigenvalue weighted by Gasteiger charge is -2.13. The summed E-state index contributed by atoms with van der Waals surface area (Å²) in [6, 6.07) is 39.7. The molecule has 2 heteroatoms. The molecule has 38 heavy (non-hydrogen) atoms. The first-order valence-electron chi connectivity index (χ1n) is 13.5. The lowest BCUT2D eigenvalue weighted by Crippen LogP contribution is -1.96. The van der Waals surface area contributed by atoms with Crippen molar-refractivity contribution in [3.63, 3.8) is 0 Å². The van der Waals surface area contributed by atoms with E-state index in [1.165, 1.54) is 43.8 Å². The molecule has 0 bridgehead atoms. The Morgan fingerprint density at radius 3 is 2.03 bits per heavy atom. The summed E-state index contributed by atoms with van der Waals surface area (Å²) < 4.78 is 0. The third-order valence-corrected chi connectivity index (χ3v) is 7.73. The number of hydrogen-bond acceptors (Lipinski definition) is 2. The summed E-state index contributed by atoms with van der Waals surface area (Å²) >= 11 is 0. The van der Waals surface area contributed by atoms with Crippen LogP contribution < -0.4 is 0 Å². The SMILES string of the molecule is CCc1ccc2ccc3c(-c4cccc(-c5ccc6c(ccc7ccccc76)c5)c4)cc(CC)nc3c2n1. The first kappa shape index (κ1) is 22.6. The molecule has 5 aromatic carbocycles. The van der Waals surface area contributed by atoms with Crippen LogP contribution in [0.25, 0.3) is 65.6 Å². The minimum Gasteiger partial charge on any atom is -0.251 e. The highest BCUT2D eigenvalue weighted by Gasteiger charge is 2.13. The smallest absolute Gasteiger partial charge is 0.0974 e. The molecule has 0 saturated carbocycles. The predicted molar refractivity (Wildman–Crippen MR) is 162 cm³/mol. The van der Waals surface area contributed by atoms with Gasteiger partial charge in [0.25, 0.3) is 0 Å². The van der Waals surface area contributed by atoms with Crippen LogP contribution in [0.3, 0.4) is 0 Å². The van der Waals surface area contributed by atoms with E-state index in [1.807, 2.05) is 0 Å². The van der Waals surface area contributed by atoms with Crippen LogP contribution >= 0.6 is 0 Å². The second kappa shape index (κ2) is 9.08. The van der Waals surface area contributed by atoms with E-state index in [2.05, 4.69) is 123 Å². The average Bonchev–Trinajstić information content (AvgIpc) is 2.99. The number of benzene rings is 5. The molecule has 0 fully saturated rings. The Hall–Kier alpha value is -4.56. The van der Waals surface area contributed by atoms with Gasteiger partial charge in [0.15, 0.2) is 0 Å². The summed E-state index contributed by atoms with van der Waals surface area (Å²) in [6.07, 6.45) is 1.79. The largest absolute Gasteiger partial charge is 0.251 e. The van der Waals surface area contributed by atoms with Crippen LogP contribution in [-0.2, 0) is 12.8 Å². The molecule has 2 aromatic heterocycles. The molecule has 0 N–H and O–H groups in total. The molecule has 0 amide bonds. The van der Waals surface area contributed by atoms with Crippen LogP contribution in [0.15, 0.2) is 109 Å². The summed E-state index contributed by atoms with van der Waals surface area (Å²) in [5, 5.41) is 7.42. The number of hydrogen-bond donors (Lipinski definition) is 0. The van der Waals surface area contributed by atoms with E-state index in [1.54, 1.807) is 0 Å². The van der Waals surface area contributed by atoms with Crippen molar-refractivity contribution in [2.24, 2.45) is 0 Å².